The Balaban J connectivity index is 0.000000178. The highest BCUT2D eigenvalue weighted by Gasteiger charge is 2.02. The maximum absolute atomic E-state index is 10.5. The lowest BCUT2D eigenvalue weighted by atomic mass is 10.2. The molecule has 6 N–H and O–H groups in total. The molecule has 0 saturated carbocycles. The molecule has 0 aliphatic heterocycles. The third kappa shape index (κ3) is 4.87. The molecule has 4 rings (SSSR count). The first-order valence-corrected chi connectivity index (χ1v) is 8.29. The summed E-state index contributed by atoms with van der Waals surface area (Å²) < 4.78 is 0. The summed E-state index contributed by atoms with van der Waals surface area (Å²) in [5, 5.41) is 21.0. The van der Waals surface area contributed by atoms with Crippen LogP contribution in [0.1, 0.15) is 15.9 Å². The highest BCUT2D eigenvalue weighted by atomic mass is 35.5. The lowest BCUT2D eigenvalue weighted by Crippen LogP contribution is -1.76. The summed E-state index contributed by atoms with van der Waals surface area (Å²) in [6, 6.07) is 10.9. The van der Waals surface area contributed by atoms with Gasteiger partial charge in [0.1, 0.15) is 0 Å². The van der Waals surface area contributed by atoms with Gasteiger partial charge in [-0.2, -0.15) is 0 Å². The number of aldehydes is 1. The molecule has 0 atom stereocenters. The van der Waals surface area contributed by atoms with E-state index in [1.807, 2.05) is 18.2 Å². The fourth-order valence-corrected chi connectivity index (χ4v) is 2.84. The molecule has 9 heteroatoms. The van der Waals surface area contributed by atoms with Gasteiger partial charge in [0.15, 0.2) is 6.29 Å². The molecule has 2 aromatic carbocycles. The SMILES string of the molecule is NO.O/N=C/c1c[nH]c2ccc(Cl)cc12.O=Cc1c[nH]c2ccc(Cl)cc12. The average Bonchev–Trinajstić information content (AvgIpc) is 3.27. The van der Waals surface area contributed by atoms with Gasteiger partial charge in [-0.1, -0.05) is 28.4 Å². The van der Waals surface area contributed by atoms with Crippen LogP contribution in [0.2, 0.25) is 10.0 Å². The summed E-state index contributed by atoms with van der Waals surface area (Å²) in [5.41, 5.74) is 3.37. The first-order chi connectivity index (χ1) is 13.1. The molecule has 0 radical (unpaired) electrons. The Morgan fingerprint density at radius 2 is 1.37 bits per heavy atom. The second kappa shape index (κ2) is 9.75. The fourth-order valence-electron chi connectivity index (χ4n) is 2.50. The molecular formula is C18H16Cl2N4O3. The Bertz CT molecular complexity index is 1070. The first kappa shape index (κ1) is 20.5. The second-order valence-electron chi connectivity index (χ2n) is 5.23. The average molecular weight is 407 g/mol. The van der Waals surface area contributed by atoms with Gasteiger partial charge in [0, 0.05) is 55.4 Å². The molecule has 27 heavy (non-hydrogen) atoms. The molecule has 0 amide bonds. The number of aromatic nitrogens is 2. The van der Waals surface area contributed by atoms with Crippen LogP contribution in [0.4, 0.5) is 0 Å². The summed E-state index contributed by atoms with van der Waals surface area (Å²) in [5.74, 6) is 3.50. The van der Waals surface area contributed by atoms with Gasteiger partial charge in [0.05, 0.1) is 6.21 Å². The normalized spacial score (nSPS) is 10.4. The lowest BCUT2D eigenvalue weighted by Gasteiger charge is -1.91. The van der Waals surface area contributed by atoms with Crippen LogP contribution in [-0.2, 0) is 0 Å². The third-order valence-electron chi connectivity index (χ3n) is 3.68. The highest BCUT2D eigenvalue weighted by molar-refractivity contribution is 6.31. The molecule has 2 heterocycles. The van der Waals surface area contributed by atoms with Crippen molar-refractivity contribution < 1.29 is 15.2 Å². The zero-order valence-electron chi connectivity index (χ0n) is 13.9. The Morgan fingerprint density at radius 1 is 0.889 bits per heavy atom. The Labute approximate surface area is 164 Å². The van der Waals surface area contributed by atoms with Crippen LogP contribution in [0, 0.1) is 0 Å². The topological polar surface area (TPSA) is 127 Å². The van der Waals surface area contributed by atoms with Gasteiger partial charge >= 0.3 is 0 Å². The number of halogens is 2. The van der Waals surface area contributed by atoms with Crippen LogP contribution >= 0.6 is 23.2 Å². The van der Waals surface area contributed by atoms with E-state index >= 15 is 0 Å². The number of fused-ring (bicyclic) bond motifs is 2. The minimum absolute atomic E-state index is 0.644. The van der Waals surface area contributed by atoms with Crippen LogP contribution < -0.4 is 5.90 Å². The first-order valence-electron chi connectivity index (χ1n) is 7.54. The van der Waals surface area contributed by atoms with E-state index in [9.17, 15) is 4.79 Å². The molecule has 0 saturated heterocycles. The number of hydrogen-bond acceptors (Lipinski definition) is 5. The van der Waals surface area contributed by atoms with Gasteiger partial charge in [0.2, 0.25) is 0 Å². The fraction of sp³-hybridized carbons (Fsp3) is 0. The van der Waals surface area contributed by atoms with Crippen molar-refractivity contribution in [3.63, 3.8) is 0 Å². The van der Waals surface area contributed by atoms with Crippen molar-refractivity contribution in [3.8, 4) is 0 Å². The van der Waals surface area contributed by atoms with Crippen LogP contribution in [0.3, 0.4) is 0 Å². The van der Waals surface area contributed by atoms with Gasteiger partial charge in [-0.05, 0) is 36.4 Å². The van der Waals surface area contributed by atoms with E-state index in [2.05, 4.69) is 21.0 Å². The molecule has 4 aromatic rings. The zero-order chi connectivity index (χ0) is 19.8. The molecule has 0 aliphatic rings. The van der Waals surface area contributed by atoms with Crippen molar-refractivity contribution in [2.45, 2.75) is 0 Å². The predicted octanol–water partition coefficient (Wildman–Crippen LogP) is 4.60. The monoisotopic (exact) mass is 406 g/mol. The number of carbonyl (C=O) groups excluding carboxylic acids is 1. The smallest absolute Gasteiger partial charge is 0.152 e. The van der Waals surface area contributed by atoms with Crippen molar-refractivity contribution in [3.05, 3.63) is 70.0 Å². The molecule has 140 valence electrons. The summed E-state index contributed by atoms with van der Waals surface area (Å²) in [6.07, 6.45) is 5.62. The number of nitrogens with one attached hydrogen (secondary N) is 2. The van der Waals surface area contributed by atoms with Gasteiger partial charge in [0.25, 0.3) is 0 Å². The molecular weight excluding hydrogens is 391 g/mol. The molecule has 0 aliphatic carbocycles. The number of hydrogen-bond donors (Lipinski definition) is 5. The minimum atomic E-state index is 0.644. The number of nitrogens with zero attached hydrogens (tertiary/aromatic N) is 1. The third-order valence-corrected chi connectivity index (χ3v) is 4.15. The number of H-pyrrole nitrogens is 2. The lowest BCUT2D eigenvalue weighted by molar-refractivity contribution is 0.112. The minimum Gasteiger partial charge on any atom is -0.411 e. The van der Waals surface area contributed by atoms with Crippen LogP contribution in [0.5, 0.6) is 0 Å². The number of carbonyl (C=O) groups is 1. The van der Waals surface area contributed by atoms with Gasteiger partial charge in [-0.25, -0.2) is 5.90 Å². The zero-order valence-corrected chi connectivity index (χ0v) is 15.4. The van der Waals surface area contributed by atoms with Crippen molar-refractivity contribution in [1.82, 2.24) is 9.97 Å². The number of oxime groups is 1. The van der Waals surface area contributed by atoms with E-state index in [1.165, 1.54) is 6.21 Å². The van der Waals surface area contributed by atoms with Crippen molar-refractivity contribution >= 4 is 57.5 Å². The molecule has 0 unspecified atom stereocenters. The van der Waals surface area contributed by atoms with Crippen molar-refractivity contribution in [2.24, 2.45) is 11.1 Å². The van der Waals surface area contributed by atoms with E-state index < -0.39 is 0 Å². The van der Waals surface area contributed by atoms with Gasteiger partial charge in [-0.3, -0.25) is 4.79 Å². The molecule has 7 nitrogen and oxygen atoms in total. The molecule has 0 fully saturated rings. The van der Waals surface area contributed by atoms with Crippen LogP contribution in [-0.4, -0.2) is 32.9 Å². The summed E-state index contributed by atoms with van der Waals surface area (Å²) in [6.45, 7) is 0. The van der Waals surface area contributed by atoms with E-state index in [1.54, 1.807) is 30.6 Å². The van der Waals surface area contributed by atoms with Crippen molar-refractivity contribution in [2.75, 3.05) is 0 Å². The quantitative estimate of drug-likeness (QED) is 0.144. The summed E-state index contributed by atoms with van der Waals surface area (Å²) in [4.78, 5) is 16.5. The number of nitrogens with two attached hydrogens (primary N) is 1. The molecule has 0 spiro atoms. The van der Waals surface area contributed by atoms with E-state index in [0.29, 0.717) is 15.6 Å². The van der Waals surface area contributed by atoms with Crippen molar-refractivity contribution in [1.29, 1.82) is 0 Å². The van der Waals surface area contributed by atoms with E-state index in [-0.39, 0.29) is 0 Å². The predicted molar refractivity (Wildman–Crippen MR) is 107 cm³/mol. The van der Waals surface area contributed by atoms with Crippen LogP contribution in [0.25, 0.3) is 21.8 Å². The Kier molecular flexibility index (Phi) is 7.39. The van der Waals surface area contributed by atoms with E-state index in [0.717, 1.165) is 33.7 Å². The Morgan fingerprint density at radius 3 is 1.85 bits per heavy atom. The van der Waals surface area contributed by atoms with Gasteiger partial charge < -0.3 is 20.4 Å². The van der Waals surface area contributed by atoms with E-state index in [4.69, 9.17) is 33.6 Å². The van der Waals surface area contributed by atoms with Gasteiger partial charge in [-0.15, -0.1) is 0 Å². The van der Waals surface area contributed by atoms with Crippen LogP contribution in [0.15, 0.2) is 53.9 Å². The Hall–Kier alpha value is -2.84. The largest absolute Gasteiger partial charge is 0.411 e. The highest BCUT2D eigenvalue weighted by Crippen LogP contribution is 2.21. The summed E-state index contributed by atoms with van der Waals surface area (Å²) in [7, 11) is 0. The second-order valence-corrected chi connectivity index (χ2v) is 6.10. The number of rotatable bonds is 2. The summed E-state index contributed by atoms with van der Waals surface area (Å²) >= 11 is 11.6. The standard InChI is InChI=1S/C9H7ClN2O.C9H6ClNO.H3NO/c10-7-1-2-9-8(3-7)6(4-11-9)5-12-13;10-7-1-2-9-8(3-7)6(5-12)4-11-9;1-2/h1-5,11,13H;1-5,11H;2H,1H2/b12-5+;;. The number of aromatic amines is 2. The maximum Gasteiger partial charge on any atom is 0.152 e. The number of benzene rings is 2. The maximum atomic E-state index is 10.5. The molecule has 2 aromatic heterocycles. The molecule has 0 bridgehead atoms.